The quantitative estimate of drug-likeness (QED) is 0.736. The van der Waals surface area contributed by atoms with Gasteiger partial charge in [0.1, 0.15) is 0 Å². The van der Waals surface area contributed by atoms with Gasteiger partial charge in [0.15, 0.2) is 11.5 Å². The summed E-state index contributed by atoms with van der Waals surface area (Å²) in [6.07, 6.45) is 0.879. The first-order valence-corrected chi connectivity index (χ1v) is 6.48. The van der Waals surface area contributed by atoms with Crippen molar-refractivity contribution < 1.29 is 19.4 Å². The van der Waals surface area contributed by atoms with Gasteiger partial charge >= 0.3 is 0 Å². The summed E-state index contributed by atoms with van der Waals surface area (Å²) >= 11 is 2.03. The molecular formula is C12H14IO4-. The molecule has 5 heteroatoms. The number of rotatable bonds is 6. The van der Waals surface area contributed by atoms with Crippen LogP contribution in [0.2, 0.25) is 0 Å². The molecule has 0 N–H and O–H groups in total. The molecule has 1 aromatic rings. The molecule has 17 heavy (non-hydrogen) atoms. The third-order valence-electron chi connectivity index (χ3n) is 2.00. The average Bonchev–Trinajstić information content (AvgIpc) is 2.28. The van der Waals surface area contributed by atoms with E-state index in [-0.39, 0.29) is 5.56 Å². The molecule has 0 fully saturated rings. The van der Waals surface area contributed by atoms with E-state index in [0.717, 1.165) is 6.42 Å². The first-order valence-electron chi connectivity index (χ1n) is 5.40. The number of carboxylic acid groups (broad SMARTS) is 1. The highest BCUT2D eigenvalue weighted by Crippen LogP contribution is 2.34. The van der Waals surface area contributed by atoms with Crippen LogP contribution in [0.4, 0.5) is 0 Å². The van der Waals surface area contributed by atoms with E-state index in [0.29, 0.717) is 28.3 Å². The van der Waals surface area contributed by atoms with E-state index < -0.39 is 5.97 Å². The fourth-order valence-corrected chi connectivity index (χ4v) is 2.05. The number of benzene rings is 1. The maximum atomic E-state index is 10.8. The predicted molar refractivity (Wildman–Crippen MR) is 70.4 cm³/mol. The van der Waals surface area contributed by atoms with Gasteiger partial charge in [-0.05, 0) is 48.1 Å². The number of carbonyl (C=O) groups excluding carboxylic acids is 1. The third kappa shape index (κ3) is 3.76. The molecule has 0 bridgehead atoms. The van der Waals surface area contributed by atoms with E-state index >= 15 is 0 Å². The summed E-state index contributed by atoms with van der Waals surface area (Å²) in [5, 5.41) is 10.8. The predicted octanol–water partition coefficient (Wildman–Crippen LogP) is 1.84. The zero-order valence-corrected chi connectivity index (χ0v) is 11.9. The Labute approximate surface area is 114 Å². The summed E-state index contributed by atoms with van der Waals surface area (Å²) in [7, 11) is 0. The van der Waals surface area contributed by atoms with Crippen LogP contribution >= 0.6 is 22.6 Å². The van der Waals surface area contributed by atoms with Gasteiger partial charge in [0.2, 0.25) is 0 Å². The van der Waals surface area contributed by atoms with E-state index in [1.807, 2.05) is 36.4 Å². The van der Waals surface area contributed by atoms with E-state index in [2.05, 4.69) is 0 Å². The number of ether oxygens (including phenoxy) is 2. The Bertz CT molecular complexity index is 404. The van der Waals surface area contributed by atoms with Crippen LogP contribution in [0, 0.1) is 3.57 Å². The molecule has 0 unspecified atom stereocenters. The van der Waals surface area contributed by atoms with E-state index in [4.69, 9.17) is 9.47 Å². The molecule has 0 aliphatic rings. The Morgan fingerprint density at radius 1 is 1.35 bits per heavy atom. The van der Waals surface area contributed by atoms with Crippen molar-refractivity contribution in [1.82, 2.24) is 0 Å². The minimum atomic E-state index is -1.22. The van der Waals surface area contributed by atoms with Gasteiger partial charge in [0.05, 0.1) is 22.8 Å². The first kappa shape index (κ1) is 14.1. The number of carbonyl (C=O) groups is 1. The van der Waals surface area contributed by atoms with E-state index in [1.54, 1.807) is 0 Å². The third-order valence-corrected chi connectivity index (χ3v) is 2.80. The molecule has 0 radical (unpaired) electrons. The van der Waals surface area contributed by atoms with Crippen molar-refractivity contribution >= 4 is 28.6 Å². The Morgan fingerprint density at radius 2 is 2.06 bits per heavy atom. The molecule has 0 saturated carbocycles. The van der Waals surface area contributed by atoms with Crippen molar-refractivity contribution in [1.29, 1.82) is 0 Å². The van der Waals surface area contributed by atoms with E-state index in [1.165, 1.54) is 12.1 Å². The standard InChI is InChI=1S/C12H15IO4/c1-3-5-17-11-9(13)6-8(12(14)15)7-10(11)16-4-2/h6-7H,3-5H2,1-2H3,(H,14,15)/p-1. The highest BCUT2D eigenvalue weighted by atomic mass is 127. The lowest BCUT2D eigenvalue weighted by molar-refractivity contribution is -0.255. The Balaban J connectivity index is 3.12. The average molecular weight is 349 g/mol. The number of hydrogen-bond donors (Lipinski definition) is 0. The molecule has 1 rings (SSSR count). The van der Waals surface area contributed by atoms with Crippen molar-refractivity contribution in [2.24, 2.45) is 0 Å². The summed E-state index contributed by atoms with van der Waals surface area (Å²) in [6.45, 7) is 4.86. The molecule has 94 valence electrons. The van der Waals surface area contributed by atoms with Crippen molar-refractivity contribution in [3.8, 4) is 11.5 Å². The molecule has 0 amide bonds. The monoisotopic (exact) mass is 349 g/mol. The smallest absolute Gasteiger partial charge is 0.174 e. The summed E-state index contributed by atoms with van der Waals surface area (Å²) in [5.74, 6) is -0.169. The van der Waals surface area contributed by atoms with Gasteiger partial charge in [-0.2, -0.15) is 0 Å². The normalized spacial score (nSPS) is 10.1. The van der Waals surface area contributed by atoms with Crippen LogP contribution in [-0.4, -0.2) is 19.2 Å². The number of halogens is 1. The SMILES string of the molecule is CCCOc1c(I)cc(C(=O)[O-])cc1OCC. The van der Waals surface area contributed by atoms with Crippen molar-refractivity contribution in [2.45, 2.75) is 20.3 Å². The molecule has 0 aromatic heterocycles. The lowest BCUT2D eigenvalue weighted by Crippen LogP contribution is -2.22. The molecular weight excluding hydrogens is 335 g/mol. The van der Waals surface area contributed by atoms with Gasteiger partial charge in [0, 0.05) is 5.56 Å². The van der Waals surface area contributed by atoms with Crippen LogP contribution in [-0.2, 0) is 0 Å². The molecule has 0 aliphatic carbocycles. The van der Waals surface area contributed by atoms with Crippen LogP contribution in [0.1, 0.15) is 30.6 Å². The van der Waals surface area contributed by atoms with Gasteiger partial charge < -0.3 is 19.4 Å². The van der Waals surface area contributed by atoms with Crippen molar-refractivity contribution in [3.63, 3.8) is 0 Å². The maximum Gasteiger partial charge on any atom is 0.174 e. The van der Waals surface area contributed by atoms with Crippen LogP contribution in [0.5, 0.6) is 11.5 Å². The van der Waals surface area contributed by atoms with Crippen molar-refractivity contribution in [3.05, 3.63) is 21.3 Å². The van der Waals surface area contributed by atoms with Crippen LogP contribution in [0.15, 0.2) is 12.1 Å². The van der Waals surface area contributed by atoms with Crippen LogP contribution in [0.25, 0.3) is 0 Å². The van der Waals surface area contributed by atoms with Crippen molar-refractivity contribution in [2.75, 3.05) is 13.2 Å². The molecule has 0 saturated heterocycles. The zero-order chi connectivity index (χ0) is 12.8. The minimum Gasteiger partial charge on any atom is -0.545 e. The Kier molecular flexibility index (Phi) is 5.54. The second-order valence-electron chi connectivity index (χ2n) is 3.35. The molecule has 0 heterocycles. The lowest BCUT2D eigenvalue weighted by atomic mass is 10.2. The largest absolute Gasteiger partial charge is 0.545 e. The van der Waals surface area contributed by atoms with Crippen LogP contribution < -0.4 is 14.6 Å². The second-order valence-corrected chi connectivity index (χ2v) is 4.52. The number of aromatic carboxylic acids is 1. The summed E-state index contributed by atoms with van der Waals surface area (Å²) in [4.78, 5) is 10.8. The summed E-state index contributed by atoms with van der Waals surface area (Å²) in [5.41, 5.74) is 0.0988. The minimum absolute atomic E-state index is 0.0988. The maximum absolute atomic E-state index is 10.8. The molecule has 1 aromatic carbocycles. The topological polar surface area (TPSA) is 58.6 Å². The fourth-order valence-electron chi connectivity index (χ4n) is 1.29. The first-order chi connectivity index (χ1) is 8.10. The molecule has 4 nitrogen and oxygen atoms in total. The second kappa shape index (κ2) is 6.68. The molecule has 0 atom stereocenters. The lowest BCUT2D eigenvalue weighted by Gasteiger charge is -2.15. The van der Waals surface area contributed by atoms with Gasteiger partial charge in [-0.1, -0.05) is 6.92 Å². The highest BCUT2D eigenvalue weighted by Gasteiger charge is 2.12. The highest BCUT2D eigenvalue weighted by molar-refractivity contribution is 14.1. The van der Waals surface area contributed by atoms with Gasteiger partial charge in [0.25, 0.3) is 0 Å². The number of hydrogen-bond acceptors (Lipinski definition) is 4. The summed E-state index contributed by atoms with van der Waals surface area (Å²) in [6, 6.07) is 2.95. The van der Waals surface area contributed by atoms with E-state index in [9.17, 15) is 9.90 Å². The fraction of sp³-hybridized carbons (Fsp3) is 0.417. The summed E-state index contributed by atoms with van der Waals surface area (Å²) < 4.78 is 11.7. The Morgan fingerprint density at radius 3 is 2.59 bits per heavy atom. The zero-order valence-electron chi connectivity index (χ0n) is 9.79. The molecule has 0 aliphatic heterocycles. The van der Waals surface area contributed by atoms with Gasteiger partial charge in [-0.15, -0.1) is 0 Å². The number of carboxylic acids is 1. The van der Waals surface area contributed by atoms with Gasteiger partial charge in [-0.25, -0.2) is 0 Å². The Hall–Kier alpha value is -0.980. The van der Waals surface area contributed by atoms with Gasteiger partial charge in [-0.3, -0.25) is 0 Å². The van der Waals surface area contributed by atoms with Crippen LogP contribution in [0.3, 0.4) is 0 Å². The molecule has 0 spiro atoms.